The van der Waals surface area contributed by atoms with Gasteiger partial charge in [-0.05, 0) is 61.9 Å². The zero-order valence-electron chi connectivity index (χ0n) is 24.6. The Hall–Kier alpha value is -3.27. The van der Waals surface area contributed by atoms with E-state index in [1.165, 1.54) is 0 Å². The zero-order valence-corrected chi connectivity index (χ0v) is 24.6. The highest BCUT2D eigenvalue weighted by Crippen LogP contribution is 2.47. The van der Waals surface area contributed by atoms with Crippen LogP contribution in [-0.4, -0.2) is 66.9 Å². The van der Waals surface area contributed by atoms with Crippen LogP contribution in [0.2, 0.25) is 0 Å². The lowest BCUT2D eigenvalue weighted by atomic mass is 9.76. The van der Waals surface area contributed by atoms with Crippen LogP contribution < -0.4 is 9.47 Å². The number of hydrogen-bond acceptors (Lipinski definition) is 6. The number of carbonyl (C=O) groups excluding carboxylic acids is 2. The van der Waals surface area contributed by atoms with Crippen molar-refractivity contribution in [2.75, 3.05) is 32.8 Å². The zero-order chi connectivity index (χ0) is 30.3. The summed E-state index contributed by atoms with van der Waals surface area (Å²) in [7, 11) is 0. The molecule has 2 fully saturated rings. The maximum absolute atomic E-state index is 13.3. The van der Waals surface area contributed by atoms with Gasteiger partial charge >= 0.3 is 12.1 Å². The van der Waals surface area contributed by atoms with Crippen LogP contribution in [0, 0.1) is 11.3 Å². The third-order valence-corrected chi connectivity index (χ3v) is 8.04. The quantitative estimate of drug-likeness (QED) is 0.221. The lowest BCUT2D eigenvalue weighted by Gasteiger charge is -2.43. The van der Waals surface area contributed by atoms with Crippen LogP contribution in [-0.2, 0) is 16.1 Å². The van der Waals surface area contributed by atoms with Gasteiger partial charge in [-0.3, -0.25) is 9.69 Å². The fourth-order valence-electron chi connectivity index (χ4n) is 5.64. The van der Waals surface area contributed by atoms with E-state index in [2.05, 4.69) is 6.92 Å². The molecule has 2 aromatic carbocycles. The van der Waals surface area contributed by atoms with Gasteiger partial charge in [-0.1, -0.05) is 45.4 Å². The predicted octanol–water partition coefficient (Wildman–Crippen LogP) is 6.46. The lowest BCUT2D eigenvalue weighted by Crippen LogP contribution is -2.51. The minimum Gasteiger partial charge on any atom is -0.494 e. The molecule has 230 valence electrons. The van der Waals surface area contributed by atoms with Crippen molar-refractivity contribution in [3.05, 3.63) is 59.7 Å². The van der Waals surface area contributed by atoms with E-state index in [0.29, 0.717) is 75.1 Å². The topological polar surface area (TPSA) is 68.3 Å². The van der Waals surface area contributed by atoms with Gasteiger partial charge in [0, 0.05) is 42.7 Å². The van der Waals surface area contributed by atoms with Gasteiger partial charge < -0.3 is 19.1 Å². The standard InChI is InChI=1S/C32H41F3N2O5/c1-4-5-20-40-26-12-10-24(11-13-26)28(38)36-17-14-31(15-18-36)16-19-37(29(31)42-30(39)32(33,34)35)21-25-8-6-7-9-27(25)41-22-23(2)3/h6-13,23,29H,4-5,14-22H2,1-3H3. The maximum Gasteiger partial charge on any atom is 0.490 e. The highest BCUT2D eigenvalue weighted by atomic mass is 19.4. The summed E-state index contributed by atoms with van der Waals surface area (Å²) >= 11 is 0. The number of alkyl halides is 3. The Kier molecular flexibility index (Phi) is 10.4. The molecule has 2 aromatic rings. The van der Waals surface area contributed by atoms with Crippen molar-refractivity contribution >= 4 is 11.9 Å². The third-order valence-electron chi connectivity index (χ3n) is 8.04. The van der Waals surface area contributed by atoms with Gasteiger partial charge in [-0.15, -0.1) is 0 Å². The first kappa shape index (κ1) is 31.7. The largest absolute Gasteiger partial charge is 0.494 e. The summed E-state index contributed by atoms with van der Waals surface area (Å²) < 4.78 is 56.9. The molecule has 0 bridgehead atoms. The number of ether oxygens (including phenoxy) is 3. The molecule has 2 heterocycles. The molecule has 1 atom stereocenters. The van der Waals surface area contributed by atoms with E-state index >= 15 is 0 Å². The summed E-state index contributed by atoms with van der Waals surface area (Å²) in [6, 6.07) is 14.5. The van der Waals surface area contributed by atoms with Gasteiger partial charge in [0.05, 0.1) is 13.2 Å². The number of rotatable bonds is 11. The SMILES string of the molecule is CCCCOc1ccc(C(=O)N2CCC3(CC2)CCN(Cc2ccccc2OCC(C)C)C3OC(=O)C(F)(F)F)cc1. The minimum absolute atomic E-state index is 0.139. The van der Waals surface area contributed by atoms with E-state index < -0.39 is 23.8 Å². The van der Waals surface area contributed by atoms with E-state index in [9.17, 15) is 22.8 Å². The van der Waals surface area contributed by atoms with E-state index in [-0.39, 0.29) is 12.5 Å². The van der Waals surface area contributed by atoms with Crippen LogP contribution in [0.4, 0.5) is 13.2 Å². The first-order chi connectivity index (χ1) is 20.0. The number of likely N-dealkylation sites (tertiary alicyclic amines) is 2. The van der Waals surface area contributed by atoms with Gasteiger partial charge in [-0.2, -0.15) is 13.2 Å². The second-order valence-electron chi connectivity index (χ2n) is 11.7. The fourth-order valence-corrected chi connectivity index (χ4v) is 5.64. The summed E-state index contributed by atoms with van der Waals surface area (Å²) in [4.78, 5) is 28.9. The molecule has 2 aliphatic heterocycles. The Morgan fingerprint density at radius 2 is 1.64 bits per heavy atom. The Balaban J connectivity index is 1.46. The van der Waals surface area contributed by atoms with Crippen LogP contribution >= 0.6 is 0 Å². The Morgan fingerprint density at radius 3 is 2.29 bits per heavy atom. The summed E-state index contributed by atoms with van der Waals surface area (Å²) in [6.45, 7) is 8.73. The second-order valence-corrected chi connectivity index (χ2v) is 11.7. The van der Waals surface area contributed by atoms with Crippen LogP contribution in [0.25, 0.3) is 0 Å². The van der Waals surface area contributed by atoms with Gasteiger partial charge in [-0.25, -0.2) is 4.79 Å². The highest BCUT2D eigenvalue weighted by molar-refractivity contribution is 5.94. The van der Waals surface area contributed by atoms with Crippen molar-refractivity contribution in [2.45, 2.75) is 71.8 Å². The van der Waals surface area contributed by atoms with E-state index in [0.717, 1.165) is 18.4 Å². The van der Waals surface area contributed by atoms with Crippen LogP contribution in [0.1, 0.15) is 68.8 Å². The van der Waals surface area contributed by atoms with E-state index in [1.807, 2.05) is 38.1 Å². The number of carbonyl (C=O) groups is 2. The Labute approximate surface area is 245 Å². The molecule has 7 nitrogen and oxygen atoms in total. The summed E-state index contributed by atoms with van der Waals surface area (Å²) in [6.07, 6.45) is -2.78. The molecule has 0 saturated carbocycles. The second kappa shape index (κ2) is 13.8. The van der Waals surface area contributed by atoms with Crippen molar-refractivity contribution in [3.8, 4) is 11.5 Å². The number of halogens is 3. The average molecular weight is 591 g/mol. The van der Waals surface area contributed by atoms with Crippen LogP contribution in [0.15, 0.2) is 48.5 Å². The van der Waals surface area contributed by atoms with E-state index in [4.69, 9.17) is 14.2 Å². The number of benzene rings is 2. The molecule has 2 saturated heterocycles. The van der Waals surface area contributed by atoms with Crippen molar-refractivity contribution in [3.63, 3.8) is 0 Å². The predicted molar refractivity (Wildman–Crippen MR) is 152 cm³/mol. The maximum atomic E-state index is 13.3. The smallest absolute Gasteiger partial charge is 0.490 e. The number of para-hydroxylation sites is 1. The molecular weight excluding hydrogens is 549 g/mol. The van der Waals surface area contributed by atoms with E-state index in [1.54, 1.807) is 34.1 Å². The lowest BCUT2D eigenvalue weighted by molar-refractivity contribution is -0.220. The molecule has 0 aliphatic carbocycles. The van der Waals surface area contributed by atoms with Crippen LogP contribution in [0.5, 0.6) is 11.5 Å². The molecule has 2 aliphatic rings. The molecule has 1 unspecified atom stereocenters. The number of amides is 1. The van der Waals surface area contributed by atoms with Gasteiger partial charge in [0.15, 0.2) is 6.23 Å². The third kappa shape index (κ3) is 7.76. The molecular formula is C32H41F3N2O5. The van der Waals surface area contributed by atoms with Crippen molar-refractivity contribution in [1.29, 1.82) is 0 Å². The van der Waals surface area contributed by atoms with Gasteiger partial charge in [0.1, 0.15) is 11.5 Å². The number of unbranched alkanes of at least 4 members (excludes halogenated alkanes) is 1. The average Bonchev–Trinajstić information content (AvgIpc) is 3.28. The van der Waals surface area contributed by atoms with Crippen molar-refractivity contribution < 1.29 is 37.0 Å². The molecule has 4 rings (SSSR count). The molecule has 0 radical (unpaired) electrons. The van der Waals surface area contributed by atoms with Gasteiger partial charge in [0.2, 0.25) is 0 Å². The number of hydrogen-bond donors (Lipinski definition) is 0. The highest BCUT2D eigenvalue weighted by Gasteiger charge is 2.54. The molecule has 42 heavy (non-hydrogen) atoms. The molecule has 0 N–H and O–H groups in total. The summed E-state index contributed by atoms with van der Waals surface area (Å²) in [5.41, 5.74) is 0.653. The summed E-state index contributed by atoms with van der Waals surface area (Å²) in [5, 5.41) is 0. The first-order valence-corrected chi connectivity index (χ1v) is 14.8. The Bertz CT molecular complexity index is 1190. The van der Waals surface area contributed by atoms with Crippen molar-refractivity contribution in [1.82, 2.24) is 9.80 Å². The number of nitrogens with zero attached hydrogens (tertiary/aromatic N) is 2. The number of piperidine rings is 1. The van der Waals surface area contributed by atoms with Gasteiger partial charge in [0.25, 0.3) is 5.91 Å². The molecule has 1 amide bonds. The molecule has 0 aromatic heterocycles. The number of esters is 1. The van der Waals surface area contributed by atoms with Crippen LogP contribution in [0.3, 0.4) is 0 Å². The van der Waals surface area contributed by atoms with Crippen molar-refractivity contribution in [2.24, 2.45) is 11.3 Å². The Morgan fingerprint density at radius 1 is 0.976 bits per heavy atom. The fraction of sp³-hybridized carbons (Fsp3) is 0.562. The minimum atomic E-state index is -5.10. The normalized spacial score (nSPS) is 18.8. The molecule has 10 heteroatoms. The monoisotopic (exact) mass is 590 g/mol. The summed E-state index contributed by atoms with van der Waals surface area (Å²) in [5.74, 6) is -0.661. The first-order valence-electron chi connectivity index (χ1n) is 14.8. The molecule has 1 spiro atoms.